The molecule has 2 aliphatic rings. The quantitative estimate of drug-likeness (QED) is 0.709. The molecular weight excluding hydrogens is 377 g/mol. The summed E-state index contributed by atoms with van der Waals surface area (Å²) in [6, 6.07) is 16.6. The maximum absolute atomic E-state index is 13.0. The van der Waals surface area contributed by atoms with Crippen LogP contribution in [0.5, 0.6) is 0 Å². The van der Waals surface area contributed by atoms with Crippen LogP contribution in [0.2, 0.25) is 0 Å². The zero-order valence-electron chi connectivity index (χ0n) is 15.9. The fourth-order valence-corrected chi connectivity index (χ4v) is 4.87. The molecule has 1 N–H and O–H groups in total. The third kappa shape index (κ3) is 4.29. The smallest absolute Gasteiger partial charge is 0.162 e. The predicted octanol–water partition coefficient (Wildman–Crippen LogP) is 4.73. The van der Waals surface area contributed by atoms with Gasteiger partial charge >= 0.3 is 0 Å². The van der Waals surface area contributed by atoms with Gasteiger partial charge in [0, 0.05) is 24.1 Å². The van der Waals surface area contributed by atoms with Crippen molar-refractivity contribution >= 4 is 18.2 Å². The number of nitrogens with zero attached hydrogens (tertiary/aromatic N) is 1. The minimum absolute atomic E-state index is 0. The van der Waals surface area contributed by atoms with Crippen molar-refractivity contribution in [2.75, 3.05) is 6.54 Å². The van der Waals surface area contributed by atoms with Gasteiger partial charge in [0.2, 0.25) is 0 Å². The van der Waals surface area contributed by atoms with E-state index in [4.69, 9.17) is 0 Å². The number of halogens is 2. The Bertz CT molecular complexity index is 782. The standard InChI is InChI=1S/C23H26FNO2.ClH/c24-19-10-8-17(9-11-19)22(26)7-4-14-25-20-12-13-21(25)16-23(27,15-20)18-5-2-1-3-6-18;/h1-3,5-6,8-11,20-21,27H,4,7,12-16H2;1H. The first kappa shape index (κ1) is 21.0. The molecule has 150 valence electrons. The zero-order chi connectivity index (χ0) is 18.9. The van der Waals surface area contributed by atoms with E-state index in [1.54, 1.807) is 12.1 Å². The number of piperidine rings is 1. The number of Topliss-reactive ketones (excluding diaryl/α,β-unsaturated/α-hetero) is 1. The molecule has 28 heavy (non-hydrogen) atoms. The number of benzene rings is 2. The molecule has 0 aromatic heterocycles. The Morgan fingerprint density at radius 2 is 1.64 bits per heavy atom. The molecule has 0 radical (unpaired) electrons. The number of fused-ring (bicyclic) bond motifs is 2. The van der Waals surface area contributed by atoms with Crippen molar-refractivity contribution < 1.29 is 14.3 Å². The molecule has 5 heteroatoms. The summed E-state index contributed by atoms with van der Waals surface area (Å²) in [7, 11) is 0. The van der Waals surface area contributed by atoms with Gasteiger partial charge in [-0.15, -0.1) is 12.4 Å². The van der Waals surface area contributed by atoms with Crippen LogP contribution in [-0.2, 0) is 5.60 Å². The fraction of sp³-hybridized carbons (Fsp3) is 0.435. The van der Waals surface area contributed by atoms with Crippen LogP contribution in [-0.4, -0.2) is 34.4 Å². The van der Waals surface area contributed by atoms with Crippen LogP contribution in [0.3, 0.4) is 0 Å². The summed E-state index contributed by atoms with van der Waals surface area (Å²) in [5, 5.41) is 11.2. The number of ketones is 1. The highest BCUT2D eigenvalue weighted by Crippen LogP contribution is 2.45. The van der Waals surface area contributed by atoms with Crippen molar-refractivity contribution in [3.8, 4) is 0 Å². The van der Waals surface area contributed by atoms with Crippen molar-refractivity contribution in [3.05, 3.63) is 71.5 Å². The molecule has 2 saturated heterocycles. The van der Waals surface area contributed by atoms with E-state index in [2.05, 4.69) is 4.90 Å². The van der Waals surface area contributed by atoms with Gasteiger partial charge in [-0.05, 0) is 68.5 Å². The molecule has 2 unspecified atom stereocenters. The Hall–Kier alpha value is -1.75. The summed E-state index contributed by atoms with van der Waals surface area (Å²) >= 11 is 0. The molecule has 2 aromatic carbocycles. The molecule has 0 amide bonds. The largest absolute Gasteiger partial charge is 0.385 e. The Morgan fingerprint density at radius 3 is 2.25 bits per heavy atom. The van der Waals surface area contributed by atoms with Crippen molar-refractivity contribution in [1.82, 2.24) is 4.90 Å². The molecule has 2 aromatic rings. The normalized spacial score (nSPS) is 26.6. The minimum atomic E-state index is -0.729. The second-order valence-electron chi connectivity index (χ2n) is 7.96. The van der Waals surface area contributed by atoms with Gasteiger partial charge in [0.25, 0.3) is 0 Å². The molecule has 2 heterocycles. The van der Waals surface area contributed by atoms with Gasteiger partial charge in [-0.2, -0.15) is 0 Å². The predicted molar refractivity (Wildman–Crippen MR) is 110 cm³/mol. The van der Waals surface area contributed by atoms with E-state index in [1.165, 1.54) is 12.1 Å². The molecule has 0 saturated carbocycles. The summed E-state index contributed by atoms with van der Waals surface area (Å²) in [4.78, 5) is 14.8. The number of carbonyl (C=O) groups excluding carboxylic acids is 1. The van der Waals surface area contributed by atoms with Gasteiger partial charge in [-0.25, -0.2) is 4.39 Å². The van der Waals surface area contributed by atoms with Gasteiger partial charge in [0.1, 0.15) is 5.82 Å². The van der Waals surface area contributed by atoms with Crippen molar-refractivity contribution in [2.45, 2.75) is 56.2 Å². The summed E-state index contributed by atoms with van der Waals surface area (Å²) in [6.45, 7) is 0.882. The van der Waals surface area contributed by atoms with E-state index in [9.17, 15) is 14.3 Å². The lowest BCUT2D eigenvalue weighted by atomic mass is 9.80. The minimum Gasteiger partial charge on any atom is -0.385 e. The first-order valence-corrected chi connectivity index (χ1v) is 9.88. The average Bonchev–Trinajstić information content (AvgIpc) is 2.93. The molecule has 2 fully saturated rings. The van der Waals surface area contributed by atoms with Gasteiger partial charge in [-0.1, -0.05) is 30.3 Å². The molecular formula is C23H27ClFNO2. The van der Waals surface area contributed by atoms with Gasteiger partial charge in [0.05, 0.1) is 5.60 Å². The second kappa shape index (κ2) is 8.73. The number of rotatable bonds is 6. The summed E-state index contributed by atoms with van der Waals surface area (Å²) < 4.78 is 13.0. The lowest BCUT2D eigenvalue weighted by molar-refractivity contribution is -0.0570. The zero-order valence-corrected chi connectivity index (χ0v) is 16.7. The van der Waals surface area contributed by atoms with Crippen molar-refractivity contribution in [3.63, 3.8) is 0 Å². The average molecular weight is 404 g/mol. The highest BCUT2D eigenvalue weighted by atomic mass is 35.5. The van der Waals surface area contributed by atoms with Crippen LogP contribution >= 0.6 is 12.4 Å². The van der Waals surface area contributed by atoms with E-state index in [1.807, 2.05) is 30.3 Å². The lowest BCUT2D eigenvalue weighted by Crippen LogP contribution is -2.49. The van der Waals surface area contributed by atoms with Crippen LogP contribution in [0.15, 0.2) is 54.6 Å². The maximum atomic E-state index is 13.0. The van der Waals surface area contributed by atoms with Crippen molar-refractivity contribution in [1.29, 1.82) is 0 Å². The molecule has 0 spiro atoms. The highest BCUT2D eigenvalue weighted by molar-refractivity contribution is 5.95. The van der Waals surface area contributed by atoms with E-state index in [-0.39, 0.29) is 24.0 Å². The third-order valence-corrected chi connectivity index (χ3v) is 6.22. The molecule has 2 atom stereocenters. The first-order valence-electron chi connectivity index (χ1n) is 9.88. The molecule has 3 nitrogen and oxygen atoms in total. The number of hydrogen-bond acceptors (Lipinski definition) is 3. The Kier molecular flexibility index (Phi) is 6.54. The Labute approximate surface area is 172 Å². The Morgan fingerprint density at radius 1 is 1.04 bits per heavy atom. The summed E-state index contributed by atoms with van der Waals surface area (Å²) in [6.07, 6.45) is 5.04. The first-order chi connectivity index (χ1) is 13.0. The number of carbonyl (C=O) groups is 1. The van der Waals surface area contributed by atoms with Crippen LogP contribution in [0, 0.1) is 5.82 Å². The highest BCUT2D eigenvalue weighted by Gasteiger charge is 2.47. The van der Waals surface area contributed by atoms with Crippen LogP contribution in [0.4, 0.5) is 4.39 Å². The van der Waals surface area contributed by atoms with Crippen molar-refractivity contribution in [2.24, 2.45) is 0 Å². The molecule has 2 aliphatic heterocycles. The lowest BCUT2D eigenvalue weighted by Gasteiger charge is -2.44. The molecule has 4 rings (SSSR count). The van der Waals surface area contributed by atoms with E-state index in [0.717, 1.165) is 44.2 Å². The van der Waals surface area contributed by atoms with E-state index < -0.39 is 5.60 Å². The third-order valence-electron chi connectivity index (χ3n) is 6.22. The molecule has 2 bridgehead atoms. The maximum Gasteiger partial charge on any atom is 0.162 e. The molecule has 0 aliphatic carbocycles. The van der Waals surface area contributed by atoms with Gasteiger partial charge in [0.15, 0.2) is 5.78 Å². The fourth-order valence-electron chi connectivity index (χ4n) is 4.87. The SMILES string of the molecule is Cl.O=C(CCCN1C2CCC1CC(O)(c1ccccc1)C2)c1ccc(F)cc1. The van der Waals surface area contributed by atoms with E-state index >= 15 is 0 Å². The number of aliphatic hydroxyl groups is 1. The van der Waals surface area contributed by atoms with Crippen LogP contribution in [0.25, 0.3) is 0 Å². The second-order valence-corrected chi connectivity index (χ2v) is 7.96. The Balaban J connectivity index is 0.00000225. The summed E-state index contributed by atoms with van der Waals surface area (Å²) in [5.41, 5.74) is 0.873. The van der Waals surface area contributed by atoms with E-state index in [0.29, 0.717) is 24.1 Å². The monoisotopic (exact) mass is 403 g/mol. The van der Waals surface area contributed by atoms with Gasteiger partial charge < -0.3 is 5.11 Å². The van der Waals surface area contributed by atoms with Gasteiger partial charge in [-0.3, -0.25) is 9.69 Å². The van der Waals surface area contributed by atoms with Crippen LogP contribution < -0.4 is 0 Å². The number of hydrogen-bond donors (Lipinski definition) is 1. The topological polar surface area (TPSA) is 40.5 Å². The summed E-state index contributed by atoms with van der Waals surface area (Å²) in [5.74, 6) is -0.248. The van der Waals surface area contributed by atoms with Crippen LogP contribution in [0.1, 0.15) is 54.4 Å².